The van der Waals surface area contributed by atoms with Crippen LogP contribution < -0.4 is 0 Å². The van der Waals surface area contributed by atoms with Crippen molar-refractivity contribution in [1.82, 2.24) is 4.98 Å². The van der Waals surface area contributed by atoms with Gasteiger partial charge in [-0.15, -0.1) is 22.7 Å². The zero-order valence-corrected chi connectivity index (χ0v) is 13.7. The van der Waals surface area contributed by atoms with E-state index in [2.05, 4.69) is 32.4 Å². The quantitative estimate of drug-likeness (QED) is 0.712. The lowest BCUT2D eigenvalue weighted by atomic mass is 10.1. The summed E-state index contributed by atoms with van der Waals surface area (Å²) in [5, 5.41) is 15.3. The molecule has 20 heavy (non-hydrogen) atoms. The summed E-state index contributed by atoms with van der Waals surface area (Å²) < 4.78 is 1.08. The van der Waals surface area contributed by atoms with Crippen molar-refractivity contribution in [3.8, 4) is 9.88 Å². The topological polar surface area (TPSA) is 33.1 Å². The maximum atomic E-state index is 10.2. The van der Waals surface area contributed by atoms with Gasteiger partial charge in [0.05, 0.1) is 16.7 Å². The first kappa shape index (κ1) is 13.9. The van der Waals surface area contributed by atoms with E-state index in [0.29, 0.717) is 6.42 Å². The van der Waals surface area contributed by atoms with Gasteiger partial charge in [-0.3, -0.25) is 0 Å². The summed E-state index contributed by atoms with van der Waals surface area (Å²) in [6, 6.07) is 11.8. The van der Waals surface area contributed by atoms with Crippen LogP contribution in [0.1, 0.15) is 17.4 Å². The van der Waals surface area contributed by atoms with Gasteiger partial charge in [0.2, 0.25) is 0 Å². The summed E-state index contributed by atoms with van der Waals surface area (Å²) in [6.07, 6.45) is 0.0498. The smallest absolute Gasteiger partial charge is 0.133 e. The molecule has 0 aliphatic heterocycles. The number of hydrogen-bond acceptors (Lipinski definition) is 4. The molecule has 1 atom stereocenters. The lowest BCUT2D eigenvalue weighted by Crippen LogP contribution is -2.01. The number of hydrogen-bond donors (Lipinski definition) is 1. The van der Waals surface area contributed by atoms with E-state index in [1.54, 1.807) is 22.7 Å². The normalized spacial score (nSPS) is 12.5. The summed E-state index contributed by atoms with van der Waals surface area (Å²) in [6.45, 7) is 0. The molecule has 1 aromatic carbocycles. The Morgan fingerprint density at radius 1 is 1.15 bits per heavy atom. The molecule has 0 saturated heterocycles. The Labute approximate surface area is 133 Å². The zero-order chi connectivity index (χ0) is 13.9. The van der Waals surface area contributed by atoms with Crippen LogP contribution >= 0.6 is 38.6 Å². The third-order valence-corrected chi connectivity index (χ3v) is 5.67. The van der Waals surface area contributed by atoms with Crippen LogP contribution in [0.15, 0.2) is 51.6 Å². The first-order valence-electron chi connectivity index (χ1n) is 6.14. The van der Waals surface area contributed by atoms with E-state index in [1.807, 2.05) is 35.7 Å². The minimum atomic E-state index is -0.499. The third-order valence-electron chi connectivity index (χ3n) is 2.92. The highest BCUT2D eigenvalue weighted by molar-refractivity contribution is 9.10. The average Bonchev–Trinajstić information content (AvgIpc) is 3.09. The fourth-order valence-electron chi connectivity index (χ4n) is 1.93. The Hall–Kier alpha value is -1.01. The van der Waals surface area contributed by atoms with Crippen molar-refractivity contribution in [1.29, 1.82) is 0 Å². The van der Waals surface area contributed by atoms with Gasteiger partial charge in [0, 0.05) is 21.7 Å². The summed E-state index contributed by atoms with van der Waals surface area (Å²) in [5.41, 5.74) is 1.87. The number of thiophene rings is 1. The highest BCUT2D eigenvalue weighted by Crippen LogP contribution is 2.32. The molecule has 2 heterocycles. The molecule has 3 rings (SSSR count). The van der Waals surface area contributed by atoms with E-state index in [0.717, 1.165) is 25.6 Å². The maximum absolute atomic E-state index is 10.2. The highest BCUT2D eigenvalue weighted by Gasteiger charge is 2.12. The number of rotatable bonds is 4. The Morgan fingerprint density at radius 3 is 2.65 bits per heavy atom. The SMILES string of the molecule is OC(Cc1csc(-c2cc(Br)cs2)n1)c1ccccc1. The number of aliphatic hydroxyl groups excluding tert-OH is 1. The molecule has 0 aliphatic rings. The van der Waals surface area contributed by atoms with Gasteiger partial charge < -0.3 is 5.11 Å². The maximum Gasteiger partial charge on any atom is 0.133 e. The Kier molecular flexibility index (Phi) is 4.31. The lowest BCUT2D eigenvalue weighted by Gasteiger charge is -2.08. The van der Waals surface area contributed by atoms with Crippen LogP contribution in [-0.4, -0.2) is 10.1 Å². The minimum absolute atomic E-state index is 0.499. The Balaban J connectivity index is 1.74. The van der Waals surface area contributed by atoms with E-state index in [4.69, 9.17) is 0 Å². The number of aliphatic hydroxyl groups is 1. The fraction of sp³-hybridized carbons (Fsp3) is 0.133. The van der Waals surface area contributed by atoms with Crippen molar-refractivity contribution < 1.29 is 5.11 Å². The van der Waals surface area contributed by atoms with E-state index in [1.165, 1.54) is 0 Å². The zero-order valence-electron chi connectivity index (χ0n) is 10.5. The van der Waals surface area contributed by atoms with Crippen LogP contribution in [0.25, 0.3) is 9.88 Å². The molecule has 102 valence electrons. The van der Waals surface area contributed by atoms with E-state index < -0.39 is 6.10 Å². The summed E-state index contributed by atoms with van der Waals surface area (Å²) in [4.78, 5) is 5.76. The largest absolute Gasteiger partial charge is 0.388 e. The van der Waals surface area contributed by atoms with Gasteiger partial charge >= 0.3 is 0 Å². The monoisotopic (exact) mass is 365 g/mol. The molecule has 1 N–H and O–H groups in total. The second-order valence-electron chi connectivity index (χ2n) is 4.40. The molecular weight excluding hydrogens is 354 g/mol. The van der Waals surface area contributed by atoms with Crippen LogP contribution in [0.5, 0.6) is 0 Å². The van der Waals surface area contributed by atoms with Crippen LogP contribution in [0, 0.1) is 0 Å². The van der Waals surface area contributed by atoms with Gasteiger partial charge in [-0.05, 0) is 27.6 Å². The van der Waals surface area contributed by atoms with E-state index in [-0.39, 0.29) is 0 Å². The average molecular weight is 366 g/mol. The van der Waals surface area contributed by atoms with E-state index in [9.17, 15) is 5.11 Å². The molecule has 2 nitrogen and oxygen atoms in total. The Morgan fingerprint density at radius 2 is 1.95 bits per heavy atom. The predicted molar refractivity (Wildman–Crippen MR) is 88.2 cm³/mol. The number of aromatic nitrogens is 1. The predicted octanol–water partition coefficient (Wildman–Crippen LogP) is 4.91. The van der Waals surface area contributed by atoms with Gasteiger partial charge in [0.15, 0.2) is 0 Å². The third kappa shape index (κ3) is 3.17. The summed E-state index contributed by atoms with van der Waals surface area (Å²) >= 11 is 6.74. The molecule has 0 aliphatic carbocycles. The van der Waals surface area contributed by atoms with Crippen LogP contribution in [0.2, 0.25) is 0 Å². The second kappa shape index (κ2) is 6.18. The number of nitrogens with zero attached hydrogens (tertiary/aromatic N) is 1. The first-order chi connectivity index (χ1) is 9.72. The van der Waals surface area contributed by atoms with Crippen LogP contribution in [-0.2, 0) is 6.42 Å². The molecule has 0 saturated carbocycles. The van der Waals surface area contributed by atoms with E-state index >= 15 is 0 Å². The van der Waals surface area contributed by atoms with Gasteiger partial charge in [-0.25, -0.2) is 4.98 Å². The molecule has 2 aromatic heterocycles. The van der Waals surface area contributed by atoms with Crippen LogP contribution in [0.3, 0.4) is 0 Å². The minimum Gasteiger partial charge on any atom is -0.388 e. The van der Waals surface area contributed by atoms with Crippen molar-refractivity contribution in [2.24, 2.45) is 0 Å². The second-order valence-corrected chi connectivity index (χ2v) is 7.09. The summed E-state index contributed by atoms with van der Waals surface area (Å²) in [7, 11) is 0. The molecule has 0 bridgehead atoms. The molecule has 0 amide bonds. The Bertz CT molecular complexity index is 693. The standard InChI is InChI=1S/C15H12BrNOS2/c16-11-6-14(19-8-11)15-17-12(9-20-15)7-13(18)10-4-2-1-3-5-10/h1-6,8-9,13,18H,7H2. The van der Waals surface area contributed by atoms with Crippen molar-refractivity contribution in [3.63, 3.8) is 0 Å². The van der Waals surface area contributed by atoms with Gasteiger partial charge in [-0.1, -0.05) is 30.3 Å². The molecule has 0 radical (unpaired) electrons. The van der Waals surface area contributed by atoms with Crippen molar-refractivity contribution in [2.75, 3.05) is 0 Å². The number of benzene rings is 1. The molecular formula is C15H12BrNOS2. The van der Waals surface area contributed by atoms with Crippen molar-refractivity contribution >= 4 is 38.6 Å². The van der Waals surface area contributed by atoms with Crippen molar-refractivity contribution in [3.05, 3.63) is 62.9 Å². The molecule has 0 fully saturated rings. The number of thiazole rings is 1. The van der Waals surface area contributed by atoms with Crippen LogP contribution in [0.4, 0.5) is 0 Å². The van der Waals surface area contributed by atoms with Gasteiger partial charge in [0.25, 0.3) is 0 Å². The van der Waals surface area contributed by atoms with Gasteiger partial charge in [-0.2, -0.15) is 0 Å². The fourth-order valence-corrected chi connectivity index (χ4v) is 4.27. The molecule has 1 unspecified atom stereocenters. The molecule has 3 aromatic rings. The highest BCUT2D eigenvalue weighted by atomic mass is 79.9. The van der Waals surface area contributed by atoms with Gasteiger partial charge in [0.1, 0.15) is 5.01 Å². The summed E-state index contributed by atoms with van der Waals surface area (Å²) in [5.74, 6) is 0. The lowest BCUT2D eigenvalue weighted by molar-refractivity contribution is 0.177. The first-order valence-corrected chi connectivity index (χ1v) is 8.69. The van der Waals surface area contributed by atoms with Crippen molar-refractivity contribution in [2.45, 2.75) is 12.5 Å². The molecule has 5 heteroatoms. The molecule has 0 spiro atoms. The number of halogens is 1.